The zero-order valence-corrected chi connectivity index (χ0v) is 18.7. The van der Waals surface area contributed by atoms with Crippen molar-refractivity contribution >= 4 is 21.9 Å². The summed E-state index contributed by atoms with van der Waals surface area (Å²) in [6, 6.07) is 6.05. The van der Waals surface area contributed by atoms with Gasteiger partial charge in [-0.2, -0.15) is 4.31 Å². The number of methoxy groups -OCH3 is 1. The molecule has 1 aromatic carbocycles. The molecular weight excluding hydrogens is 404 g/mol. The number of hydrogen-bond donors (Lipinski definition) is 1. The molecule has 0 aliphatic heterocycles. The molecule has 0 heterocycles. The van der Waals surface area contributed by atoms with E-state index in [-0.39, 0.29) is 16.5 Å². The summed E-state index contributed by atoms with van der Waals surface area (Å²) in [7, 11) is -0.766. The van der Waals surface area contributed by atoms with Crippen molar-refractivity contribution in [2.75, 3.05) is 14.2 Å². The highest BCUT2D eigenvalue weighted by Gasteiger charge is 2.42. The van der Waals surface area contributed by atoms with E-state index in [9.17, 15) is 18.0 Å². The van der Waals surface area contributed by atoms with Crippen LogP contribution in [0.5, 0.6) is 0 Å². The number of sulfonamides is 1. The molecule has 1 aromatic rings. The van der Waals surface area contributed by atoms with Gasteiger partial charge in [0.05, 0.1) is 12.0 Å². The second-order valence-electron chi connectivity index (χ2n) is 8.43. The molecule has 1 N–H and O–H groups in total. The van der Waals surface area contributed by atoms with Crippen molar-refractivity contribution in [1.82, 2.24) is 9.62 Å². The Hall–Kier alpha value is -1.93. The third kappa shape index (κ3) is 4.70. The Bertz CT molecular complexity index is 871. The zero-order valence-electron chi connectivity index (χ0n) is 17.9. The van der Waals surface area contributed by atoms with Crippen LogP contribution in [0.2, 0.25) is 0 Å². The number of esters is 1. The number of nitrogens with one attached hydrogen (secondary N) is 1. The van der Waals surface area contributed by atoms with Crippen LogP contribution in [-0.2, 0) is 19.6 Å². The molecule has 2 saturated carbocycles. The summed E-state index contributed by atoms with van der Waals surface area (Å²) in [6.07, 6.45) is 8.63. The molecule has 2 aliphatic rings. The lowest BCUT2D eigenvalue weighted by Crippen LogP contribution is -2.56. The van der Waals surface area contributed by atoms with Crippen molar-refractivity contribution in [3.8, 4) is 0 Å². The SMILES string of the molecule is COC(=O)C1(NC(=O)c2cccc(S(=O)(=O)N(C)C3CCCCC3)c2)CCCCC1. The minimum Gasteiger partial charge on any atom is -0.467 e. The maximum atomic E-state index is 13.1. The molecule has 166 valence electrons. The fourth-order valence-electron chi connectivity index (χ4n) is 4.63. The molecule has 0 aromatic heterocycles. The van der Waals surface area contributed by atoms with Crippen LogP contribution in [0.25, 0.3) is 0 Å². The van der Waals surface area contributed by atoms with Crippen LogP contribution in [0.1, 0.15) is 74.6 Å². The van der Waals surface area contributed by atoms with Gasteiger partial charge in [-0.05, 0) is 43.9 Å². The van der Waals surface area contributed by atoms with Crippen molar-refractivity contribution in [3.63, 3.8) is 0 Å². The fourth-order valence-corrected chi connectivity index (χ4v) is 6.09. The second-order valence-corrected chi connectivity index (χ2v) is 10.4. The van der Waals surface area contributed by atoms with Gasteiger partial charge in [-0.25, -0.2) is 13.2 Å². The molecule has 0 spiro atoms. The van der Waals surface area contributed by atoms with Gasteiger partial charge >= 0.3 is 5.97 Å². The number of hydrogen-bond acceptors (Lipinski definition) is 5. The highest BCUT2D eigenvalue weighted by molar-refractivity contribution is 7.89. The Labute approximate surface area is 179 Å². The average molecular weight is 437 g/mol. The summed E-state index contributed by atoms with van der Waals surface area (Å²) in [5.41, 5.74) is -0.820. The van der Waals surface area contributed by atoms with Crippen molar-refractivity contribution < 1.29 is 22.7 Å². The lowest BCUT2D eigenvalue weighted by Gasteiger charge is -2.35. The van der Waals surface area contributed by atoms with Crippen molar-refractivity contribution in [3.05, 3.63) is 29.8 Å². The molecule has 8 heteroatoms. The predicted molar refractivity (Wildman–Crippen MR) is 114 cm³/mol. The molecule has 30 heavy (non-hydrogen) atoms. The van der Waals surface area contributed by atoms with E-state index in [2.05, 4.69) is 5.32 Å². The largest absolute Gasteiger partial charge is 0.467 e. The maximum Gasteiger partial charge on any atom is 0.331 e. The van der Waals surface area contributed by atoms with E-state index < -0.39 is 27.4 Å². The first-order valence-corrected chi connectivity index (χ1v) is 12.2. The monoisotopic (exact) mass is 436 g/mol. The van der Waals surface area contributed by atoms with E-state index in [1.54, 1.807) is 19.2 Å². The Morgan fingerprint density at radius 1 is 1.07 bits per heavy atom. The van der Waals surface area contributed by atoms with Gasteiger partial charge in [0.1, 0.15) is 5.54 Å². The van der Waals surface area contributed by atoms with Crippen molar-refractivity contribution in [1.29, 1.82) is 0 Å². The first-order chi connectivity index (χ1) is 14.3. The van der Waals surface area contributed by atoms with E-state index in [0.29, 0.717) is 12.8 Å². The fraction of sp³-hybridized carbons (Fsp3) is 0.636. The first-order valence-electron chi connectivity index (χ1n) is 10.8. The number of benzene rings is 1. The van der Waals surface area contributed by atoms with Crippen LogP contribution in [0.4, 0.5) is 0 Å². The predicted octanol–water partition coefficient (Wildman–Crippen LogP) is 3.25. The quantitative estimate of drug-likeness (QED) is 0.691. The summed E-state index contributed by atoms with van der Waals surface area (Å²) < 4.78 is 32.7. The molecule has 0 radical (unpaired) electrons. The van der Waals surface area contributed by atoms with Crippen LogP contribution in [0, 0.1) is 0 Å². The van der Waals surface area contributed by atoms with Crippen molar-refractivity contribution in [2.45, 2.75) is 80.7 Å². The van der Waals surface area contributed by atoms with E-state index in [0.717, 1.165) is 51.4 Å². The summed E-state index contributed by atoms with van der Waals surface area (Å²) in [6.45, 7) is 0. The number of amides is 1. The van der Waals surface area contributed by atoms with Crippen LogP contribution in [-0.4, -0.2) is 50.3 Å². The third-order valence-corrected chi connectivity index (χ3v) is 8.40. The zero-order chi connectivity index (χ0) is 21.8. The highest BCUT2D eigenvalue weighted by Crippen LogP contribution is 2.30. The van der Waals surface area contributed by atoms with Gasteiger partial charge in [0.15, 0.2) is 0 Å². The maximum absolute atomic E-state index is 13.1. The molecule has 3 rings (SSSR count). The van der Waals surface area contributed by atoms with E-state index in [1.807, 2.05) is 0 Å². The van der Waals surface area contributed by atoms with E-state index in [1.165, 1.54) is 23.5 Å². The number of carbonyl (C=O) groups excluding carboxylic acids is 2. The van der Waals surface area contributed by atoms with Crippen LogP contribution < -0.4 is 5.32 Å². The topological polar surface area (TPSA) is 92.8 Å². The van der Waals surface area contributed by atoms with Gasteiger partial charge in [-0.1, -0.05) is 44.6 Å². The summed E-state index contributed by atoms with van der Waals surface area (Å²) in [4.78, 5) is 25.5. The summed E-state index contributed by atoms with van der Waals surface area (Å²) in [5.74, 6) is -0.906. The molecule has 2 fully saturated rings. The smallest absolute Gasteiger partial charge is 0.331 e. The Balaban J connectivity index is 1.81. The molecule has 7 nitrogen and oxygen atoms in total. The van der Waals surface area contributed by atoms with Gasteiger partial charge in [-0.3, -0.25) is 4.79 Å². The molecule has 0 atom stereocenters. The van der Waals surface area contributed by atoms with E-state index >= 15 is 0 Å². The number of nitrogens with zero attached hydrogens (tertiary/aromatic N) is 1. The summed E-state index contributed by atoms with van der Waals surface area (Å²) in [5, 5.41) is 2.85. The lowest BCUT2D eigenvalue weighted by atomic mass is 9.81. The number of rotatable bonds is 6. The van der Waals surface area contributed by atoms with Gasteiger partial charge in [-0.15, -0.1) is 0 Å². The number of carbonyl (C=O) groups is 2. The molecular formula is C22H32N2O5S. The average Bonchev–Trinajstić information content (AvgIpc) is 2.79. The molecule has 2 aliphatic carbocycles. The van der Waals surface area contributed by atoms with Gasteiger partial charge in [0.25, 0.3) is 5.91 Å². The third-order valence-electron chi connectivity index (χ3n) is 6.50. The molecule has 0 saturated heterocycles. The first kappa shape index (κ1) is 22.7. The summed E-state index contributed by atoms with van der Waals surface area (Å²) >= 11 is 0. The van der Waals surface area contributed by atoms with Gasteiger partial charge in [0, 0.05) is 18.7 Å². The van der Waals surface area contributed by atoms with E-state index in [4.69, 9.17) is 4.74 Å². The van der Waals surface area contributed by atoms with Gasteiger partial charge in [0.2, 0.25) is 10.0 Å². The molecule has 1 amide bonds. The van der Waals surface area contributed by atoms with Crippen LogP contribution in [0.3, 0.4) is 0 Å². The Morgan fingerprint density at radius 3 is 2.33 bits per heavy atom. The second kappa shape index (κ2) is 9.47. The van der Waals surface area contributed by atoms with Crippen LogP contribution in [0.15, 0.2) is 29.2 Å². The molecule has 0 bridgehead atoms. The minimum absolute atomic E-state index is 0.00827. The van der Waals surface area contributed by atoms with Gasteiger partial charge < -0.3 is 10.1 Å². The normalized spacial score (nSPS) is 20.0. The Kier molecular flexibility index (Phi) is 7.18. The van der Waals surface area contributed by atoms with Crippen LogP contribution >= 0.6 is 0 Å². The standard InChI is InChI=1S/C22H32N2O5S/c1-24(18-11-5-3-6-12-18)30(27,28)19-13-9-10-17(16-19)20(25)23-22(21(26)29-2)14-7-4-8-15-22/h9-10,13,16,18H,3-8,11-12,14-15H2,1-2H3,(H,23,25). The Morgan fingerprint density at radius 2 is 1.70 bits per heavy atom. The minimum atomic E-state index is -3.70. The lowest BCUT2D eigenvalue weighted by molar-refractivity contribution is -0.149. The highest BCUT2D eigenvalue weighted by atomic mass is 32.2. The molecule has 0 unspecified atom stereocenters. The number of ether oxygens (including phenoxy) is 1. The van der Waals surface area contributed by atoms with Crippen molar-refractivity contribution in [2.24, 2.45) is 0 Å².